The molecule has 8 heteroatoms. The van der Waals surface area contributed by atoms with Crippen molar-refractivity contribution in [2.45, 2.75) is 39.8 Å². The number of amides is 1. The molecule has 0 aliphatic carbocycles. The van der Waals surface area contributed by atoms with E-state index in [0.29, 0.717) is 36.3 Å². The van der Waals surface area contributed by atoms with Gasteiger partial charge in [0.25, 0.3) is 11.5 Å². The van der Waals surface area contributed by atoms with Crippen molar-refractivity contribution in [3.63, 3.8) is 0 Å². The Balaban J connectivity index is 2.27. The molecule has 2 N–H and O–H groups in total. The van der Waals surface area contributed by atoms with E-state index in [9.17, 15) is 9.59 Å². The molecule has 3 aromatic heterocycles. The number of pyridine rings is 2. The molecule has 0 atom stereocenters. The first-order valence-corrected chi connectivity index (χ1v) is 9.29. The van der Waals surface area contributed by atoms with Crippen molar-refractivity contribution in [3.8, 4) is 0 Å². The van der Waals surface area contributed by atoms with E-state index < -0.39 is 5.91 Å². The van der Waals surface area contributed by atoms with E-state index in [2.05, 4.69) is 10.3 Å². The number of fused-ring (bicyclic) bond motifs is 2. The zero-order valence-corrected chi connectivity index (χ0v) is 16.6. The van der Waals surface area contributed by atoms with Gasteiger partial charge >= 0.3 is 0 Å². The van der Waals surface area contributed by atoms with Crippen LogP contribution in [0.4, 0.5) is 0 Å². The Bertz CT molecular complexity index is 1160. The van der Waals surface area contributed by atoms with E-state index in [-0.39, 0.29) is 22.7 Å². The summed E-state index contributed by atoms with van der Waals surface area (Å²) in [6.45, 7) is 6.74. The number of nitrogens with zero attached hydrogens (tertiary/aromatic N) is 3. The molecule has 0 aliphatic heterocycles. The normalized spacial score (nSPS) is 11.5. The smallest absolute Gasteiger partial charge is 0.267 e. The third-order valence-electron chi connectivity index (χ3n) is 4.58. The molecule has 0 saturated heterocycles. The molecule has 3 aromatic rings. The maximum Gasteiger partial charge on any atom is 0.267 e. The molecule has 0 radical (unpaired) electrons. The van der Waals surface area contributed by atoms with Crippen LogP contribution in [0.1, 0.15) is 36.2 Å². The van der Waals surface area contributed by atoms with Crippen molar-refractivity contribution < 1.29 is 9.53 Å². The van der Waals surface area contributed by atoms with E-state index in [0.717, 1.165) is 5.56 Å². The molecule has 0 saturated carbocycles. The molecular formula is C20H25N5O3. The van der Waals surface area contributed by atoms with Crippen molar-refractivity contribution in [2.24, 2.45) is 0 Å². The van der Waals surface area contributed by atoms with Gasteiger partial charge in [0, 0.05) is 26.4 Å². The number of ether oxygens (including phenoxy) is 1. The van der Waals surface area contributed by atoms with E-state index in [4.69, 9.17) is 10.1 Å². The summed E-state index contributed by atoms with van der Waals surface area (Å²) in [6.07, 6.45) is 2.41. The van der Waals surface area contributed by atoms with Crippen molar-refractivity contribution >= 4 is 22.6 Å². The summed E-state index contributed by atoms with van der Waals surface area (Å²) in [5.41, 5.74) is 1.72. The summed E-state index contributed by atoms with van der Waals surface area (Å²) in [4.78, 5) is 30.0. The number of aryl methyl sites for hydroxylation is 2. The van der Waals surface area contributed by atoms with E-state index in [1.54, 1.807) is 16.8 Å². The van der Waals surface area contributed by atoms with Gasteiger partial charge in [0.05, 0.1) is 17.1 Å². The van der Waals surface area contributed by atoms with Gasteiger partial charge in [0.1, 0.15) is 16.8 Å². The van der Waals surface area contributed by atoms with Crippen molar-refractivity contribution in [1.29, 1.82) is 5.41 Å². The lowest BCUT2D eigenvalue weighted by Gasteiger charge is -2.15. The fourth-order valence-corrected chi connectivity index (χ4v) is 3.16. The van der Waals surface area contributed by atoms with Crippen molar-refractivity contribution in [3.05, 3.63) is 51.4 Å². The minimum Gasteiger partial charge on any atom is -0.379 e. The lowest BCUT2D eigenvalue weighted by atomic mass is 10.2. The zero-order valence-electron chi connectivity index (χ0n) is 16.6. The second-order valence-corrected chi connectivity index (χ2v) is 6.95. The molecular weight excluding hydrogens is 358 g/mol. The summed E-state index contributed by atoms with van der Waals surface area (Å²) >= 11 is 0. The zero-order chi connectivity index (χ0) is 20.4. The van der Waals surface area contributed by atoms with Gasteiger partial charge in [-0.1, -0.05) is 6.07 Å². The molecule has 148 valence electrons. The SMILES string of the molecule is CNC(=O)c1cc2c(=O)n3cccc(C)c3nc2n(CCCOC(C)C)c1=N. The van der Waals surface area contributed by atoms with Crippen molar-refractivity contribution in [2.75, 3.05) is 13.7 Å². The Morgan fingerprint density at radius 1 is 1.36 bits per heavy atom. The second kappa shape index (κ2) is 7.93. The minimum atomic E-state index is -0.409. The Morgan fingerprint density at radius 3 is 2.79 bits per heavy atom. The standard InChI is InChI=1S/C20H25N5O3/c1-12(2)28-10-6-9-24-16(21)14(19(26)22-4)11-15-18(24)23-17-13(3)7-5-8-25(17)20(15)27/h5,7-8,11-12,21H,6,9-10H2,1-4H3,(H,22,26). The number of hydrogen-bond acceptors (Lipinski definition) is 5. The highest BCUT2D eigenvalue weighted by molar-refractivity contribution is 5.96. The number of hydrogen-bond donors (Lipinski definition) is 2. The fourth-order valence-electron chi connectivity index (χ4n) is 3.16. The molecule has 1 amide bonds. The summed E-state index contributed by atoms with van der Waals surface area (Å²) < 4.78 is 8.68. The number of rotatable bonds is 6. The molecule has 8 nitrogen and oxygen atoms in total. The summed E-state index contributed by atoms with van der Waals surface area (Å²) in [7, 11) is 1.50. The van der Waals surface area contributed by atoms with Crippen LogP contribution in [0.2, 0.25) is 0 Å². The highest BCUT2D eigenvalue weighted by Crippen LogP contribution is 2.13. The Labute approximate surface area is 162 Å². The third-order valence-corrected chi connectivity index (χ3v) is 4.58. The highest BCUT2D eigenvalue weighted by Gasteiger charge is 2.17. The number of nitrogens with one attached hydrogen (secondary N) is 2. The summed E-state index contributed by atoms with van der Waals surface area (Å²) in [5, 5.41) is 11.4. The predicted molar refractivity (Wildman–Crippen MR) is 107 cm³/mol. The largest absolute Gasteiger partial charge is 0.379 e. The van der Waals surface area contributed by atoms with Gasteiger partial charge in [-0.3, -0.25) is 19.4 Å². The van der Waals surface area contributed by atoms with Crippen LogP contribution in [0.25, 0.3) is 16.7 Å². The molecule has 0 aromatic carbocycles. The Kier molecular flexibility index (Phi) is 5.60. The van der Waals surface area contributed by atoms with Gasteiger partial charge < -0.3 is 14.6 Å². The fraction of sp³-hybridized carbons (Fsp3) is 0.400. The molecule has 0 fully saturated rings. The molecule has 0 unspecified atom stereocenters. The Hall–Kier alpha value is -3.00. The summed E-state index contributed by atoms with van der Waals surface area (Å²) in [6, 6.07) is 5.13. The maximum atomic E-state index is 13.1. The molecule has 0 aliphatic rings. The van der Waals surface area contributed by atoms with Crippen LogP contribution in [-0.4, -0.2) is 39.6 Å². The van der Waals surface area contributed by atoms with E-state index in [1.165, 1.54) is 17.5 Å². The first-order chi connectivity index (χ1) is 13.3. The maximum absolute atomic E-state index is 13.1. The third kappa shape index (κ3) is 3.55. The van der Waals surface area contributed by atoms with Gasteiger partial charge in [0.15, 0.2) is 0 Å². The lowest BCUT2D eigenvalue weighted by Crippen LogP contribution is -2.34. The molecule has 0 bridgehead atoms. The van der Waals surface area contributed by atoms with E-state index in [1.807, 2.05) is 26.8 Å². The monoisotopic (exact) mass is 383 g/mol. The molecule has 28 heavy (non-hydrogen) atoms. The molecule has 3 rings (SSSR count). The molecule has 0 spiro atoms. The summed E-state index contributed by atoms with van der Waals surface area (Å²) in [5.74, 6) is -0.409. The van der Waals surface area contributed by atoms with Crippen LogP contribution in [0.15, 0.2) is 29.2 Å². The average Bonchev–Trinajstić information content (AvgIpc) is 2.66. The van der Waals surface area contributed by atoms with Crippen LogP contribution in [0.3, 0.4) is 0 Å². The van der Waals surface area contributed by atoms with Crippen molar-refractivity contribution in [1.82, 2.24) is 19.3 Å². The van der Waals surface area contributed by atoms with Crippen LogP contribution >= 0.6 is 0 Å². The quantitative estimate of drug-likeness (QED) is 0.499. The topological polar surface area (TPSA) is 101 Å². The van der Waals surface area contributed by atoms with Crippen LogP contribution in [-0.2, 0) is 11.3 Å². The van der Waals surface area contributed by atoms with Gasteiger partial charge in [-0.15, -0.1) is 0 Å². The highest BCUT2D eigenvalue weighted by atomic mass is 16.5. The average molecular weight is 383 g/mol. The first kappa shape index (κ1) is 19.8. The van der Waals surface area contributed by atoms with Gasteiger partial charge in [-0.2, -0.15) is 0 Å². The number of aromatic nitrogens is 3. The minimum absolute atomic E-state index is 0.0289. The second-order valence-electron chi connectivity index (χ2n) is 6.95. The van der Waals surface area contributed by atoms with Gasteiger partial charge in [0.2, 0.25) is 0 Å². The van der Waals surface area contributed by atoms with Crippen LogP contribution in [0.5, 0.6) is 0 Å². The number of carbonyl (C=O) groups excluding carboxylic acids is 1. The van der Waals surface area contributed by atoms with E-state index >= 15 is 0 Å². The Morgan fingerprint density at radius 2 is 2.11 bits per heavy atom. The molecule has 3 heterocycles. The number of carbonyl (C=O) groups is 1. The first-order valence-electron chi connectivity index (χ1n) is 9.29. The lowest BCUT2D eigenvalue weighted by molar-refractivity contribution is 0.0748. The van der Waals surface area contributed by atoms with Gasteiger partial charge in [-0.25, -0.2) is 4.98 Å². The van der Waals surface area contributed by atoms with Crippen LogP contribution in [0, 0.1) is 12.3 Å². The van der Waals surface area contributed by atoms with Crippen LogP contribution < -0.4 is 16.4 Å². The predicted octanol–water partition coefficient (Wildman–Crippen LogP) is 1.61. The van der Waals surface area contributed by atoms with Gasteiger partial charge in [-0.05, 0) is 44.9 Å².